The number of carbonyl (C=O) groups excluding carboxylic acids is 2. The van der Waals surface area contributed by atoms with Crippen LogP contribution in [0.2, 0.25) is 0 Å². The zero-order chi connectivity index (χ0) is 25.1. The molecule has 0 saturated carbocycles. The Morgan fingerprint density at radius 3 is 2.35 bits per heavy atom. The van der Waals surface area contributed by atoms with Crippen LogP contribution >= 0.6 is 0 Å². The molecule has 3 rings (SSSR count). The van der Waals surface area contributed by atoms with Crippen molar-refractivity contribution in [3.63, 3.8) is 0 Å². The number of primary amides is 1. The molecule has 2 heterocycles. The lowest BCUT2D eigenvalue weighted by atomic mass is 9.92. The summed E-state index contributed by atoms with van der Waals surface area (Å²) in [4.78, 5) is 28.4. The van der Waals surface area contributed by atoms with E-state index in [2.05, 4.69) is 10.3 Å². The summed E-state index contributed by atoms with van der Waals surface area (Å²) in [5.41, 5.74) is 10.5. The molecule has 2 aliphatic heterocycles. The van der Waals surface area contributed by atoms with E-state index in [9.17, 15) is 14.0 Å². The van der Waals surface area contributed by atoms with Gasteiger partial charge in [-0.2, -0.15) is 4.99 Å². The number of alkyl halides is 1. The first-order chi connectivity index (χ1) is 16.1. The van der Waals surface area contributed by atoms with Gasteiger partial charge in [-0.1, -0.05) is 0 Å². The minimum Gasteiger partial charge on any atom is -0.494 e. The van der Waals surface area contributed by atoms with E-state index < -0.39 is 17.5 Å². The minimum atomic E-state index is -2.01. The second-order valence-corrected chi connectivity index (χ2v) is 9.47. The number of nitrogens with two attached hydrogens (primary N) is 2. The summed E-state index contributed by atoms with van der Waals surface area (Å²) in [6, 6.07) is 5.26. The normalized spacial score (nSPS) is 17.2. The van der Waals surface area contributed by atoms with Gasteiger partial charge in [0.05, 0.1) is 6.61 Å². The average Bonchev–Trinajstić information content (AvgIpc) is 3.36. The van der Waals surface area contributed by atoms with Gasteiger partial charge in [-0.15, -0.1) is 0 Å². The van der Waals surface area contributed by atoms with E-state index in [4.69, 9.17) is 16.2 Å². The summed E-state index contributed by atoms with van der Waals surface area (Å²) in [7, 11) is 0. The van der Waals surface area contributed by atoms with E-state index in [-0.39, 0.29) is 5.96 Å². The van der Waals surface area contributed by atoms with Gasteiger partial charge in [0, 0.05) is 18.7 Å². The number of hydrogen-bond acceptors (Lipinski definition) is 4. The number of likely N-dealkylation sites (tertiary alicyclic amines) is 1. The highest BCUT2D eigenvalue weighted by molar-refractivity contribution is 5.96. The van der Waals surface area contributed by atoms with Gasteiger partial charge in [0.2, 0.25) is 5.91 Å². The molecule has 0 spiro atoms. The number of halogens is 1. The Bertz CT molecular complexity index is 834. The van der Waals surface area contributed by atoms with Gasteiger partial charge in [0.15, 0.2) is 11.6 Å². The number of benzene rings is 1. The van der Waals surface area contributed by atoms with Crippen molar-refractivity contribution in [3.8, 4) is 5.75 Å². The third-order valence-corrected chi connectivity index (χ3v) is 6.11. The van der Waals surface area contributed by atoms with Gasteiger partial charge in [-0.05, 0) is 102 Å². The van der Waals surface area contributed by atoms with Crippen LogP contribution in [0.3, 0.4) is 0 Å². The Balaban J connectivity index is 0.000000720. The second kappa shape index (κ2) is 13.3. The van der Waals surface area contributed by atoms with Gasteiger partial charge < -0.3 is 26.4 Å². The van der Waals surface area contributed by atoms with E-state index in [0.29, 0.717) is 31.2 Å². The highest BCUT2D eigenvalue weighted by Crippen LogP contribution is 2.23. The number of hydrogen-bond donors (Lipinski definition) is 3. The predicted molar refractivity (Wildman–Crippen MR) is 133 cm³/mol. The number of guanidine groups is 1. The molecule has 2 aliphatic rings. The van der Waals surface area contributed by atoms with E-state index in [0.717, 1.165) is 37.0 Å². The molecule has 2 amide bonds. The number of piperidine rings is 1. The maximum absolute atomic E-state index is 13.6. The Kier molecular flexibility index (Phi) is 10.8. The smallest absolute Gasteiger partial charge is 0.285 e. The van der Waals surface area contributed by atoms with Crippen molar-refractivity contribution in [1.29, 1.82) is 0 Å². The summed E-state index contributed by atoms with van der Waals surface area (Å²) in [5, 5.41) is 3.22. The number of aryl methyl sites for hydroxylation is 1. The van der Waals surface area contributed by atoms with Crippen molar-refractivity contribution < 1.29 is 18.7 Å². The third kappa shape index (κ3) is 9.29. The number of rotatable bonds is 7. The molecule has 0 atom stereocenters. The molecule has 0 radical (unpaired) electrons. The van der Waals surface area contributed by atoms with Crippen LogP contribution in [0.5, 0.6) is 5.75 Å². The lowest BCUT2D eigenvalue weighted by molar-refractivity contribution is -0.127. The molecule has 34 heavy (non-hydrogen) atoms. The van der Waals surface area contributed by atoms with E-state index >= 15 is 0 Å². The molecular weight excluding hydrogens is 437 g/mol. The molecule has 8 nitrogen and oxygen atoms in total. The zero-order valence-corrected chi connectivity index (χ0v) is 20.7. The molecule has 2 fully saturated rings. The van der Waals surface area contributed by atoms with Crippen LogP contribution in [-0.4, -0.2) is 61.1 Å². The van der Waals surface area contributed by atoms with Crippen molar-refractivity contribution >= 4 is 17.8 Å². The van der Waals surface area contributed by atoms with Crippen LogP contribution in [0.4, 0.5) is 4.39 Å². The average molecular weight is 478 g/mol. The quantitative estimate of drug-likeness (QED) is 0.315. The van der Waals surface area contributed by atoms with E-state index in [1.807, 2.05) is 17.9 Å². The van der Waals surface area contributed by atoms with Crippen molar-refractivity contribution in [3.05, 3.63) is 29.3 Å². The Morgan fingerprint density at radius 2 is 1.85 bits per heavy atom. The number of nitrogens with one attached hydrogen (secondary N) is 1. The first-order valence-corrected chi connectivity index (χ1v) is 12.1. The van der Waals surface area contributed by atoms with Gasteiger partial charge in [0.1, 0.15) is 5.75 Å². The van der Waals surface area contributed by atoms with Crippen LogP contribution in [0.15, 0.2) is 23.2 Å². The SMILES string of the molecule is C1CCNC1.Cc1cc(OCCCC2CCN(C(N)=NC(=O)C(C)(C)F)CC2)ccc1C(N)=O. The maximum Gasteiger partial charge on any atom is 0.285 e. The number of amides is 2. The Labute approximate surface area is 202 Å². The summed E-state index contributed by atoms with van der Waals surface area (Å²) in [6.45, 7) is 8.68. The zero-order valence-electron chi connectivity index (χ0n) is 20.7. The number of aliphatic imine (C=N–C) groups is 1. The van der Waals surface area contributed by atoms with Crippen LogP contribution in [0.25, 0.3) is 0 Å². The Hall–Kier alpha value is -2.68. The first kappa shape index (κ1) is 27.6. The highest BCUT2D eigenvalue weighted by Gasteiger charge is 2.28. The van der Waals surface area contributed by atoms with Crippen molar-refractivity contribution in [2.45, 2.75) is 65.0 Å². The molecule has 0 unspecified atom stereocenters. The van der Waals surface area contributed by atoms with E-state index in [1.54, 1.807) is 12.1 Å². The second-order valence-electron chi connectivity index (χ2n) is 9.47. The molecule has 190 valence electrons. The molecule has 9 heteroatoms. The lowest BCUT2D eigenvalue weighted by Gasteiger charge is -2.32. The maximum atomic E-state index is 13.6. The number of nitrogens with zero attached hydrogens (tertiary/aromatic N) is 2. The summed E-state index contributed by atoms with van der Waals surface area (Å²) in [6.07, 6.45) is 6.60. The standard InChI is InChI=1S/C21H31FN4O3.C4H9N/c1-14-13-16(6-7-17(14)18(23)27)29-12-4-5-15-8-10-26(11-9-15)20(24)25-19(28)21(2,3)22;1-2-4-5-3-1/h6-7,13,15H,4-5,8-12H2,1-3H3,(H2,23,27)(H2,24,25,28);5H,1-4H2. The Morgan fingerprint density at radius 1 is 1.21 bits per heavy atom. The van der Waals surface area contributed by atoms with Gasteiger partial charge in [-0.3, -0.25) is 9.59 Å². The fourth-order valence-corrected chi connectivity index (χ4v) is 3.95. The summed E-state index contributed by atoms with van der Waals surface area (Å²) in [5.74, 6) is 0.0798. The molecule has 0 aromatic heterocycles. The molecule has 0 aliphatic carbocycles. The summed E-state index contributed by atoms with van der Waals surface area (Å²) >= 11 is 0. The fourth-order valence-electron chi connectivity index (χ4n) is 3.95. The molecule has 1 aromatic carbocycles. The molecule has 0 bridgehead atoms. The molecule has 1 aromatic rings. The monoisotopic (exact) mass is 477 g/mol. The highest BCUT2D eigenvalue weighted by atomic mass is 19.1. The molecule has 5 N–H and O–H groups in total. The van der Waals surface area contributed by atoms with Crippen LogP contribution in [-0.2, 0) is 4.79 Å². The fraction of sp³-hybridized carbons (Fsp3) is 0.640. The largest absolute Gasteiger partial charge is 0.494 e. The molecular formula is C25H40FN5O3. The van der Waals surface area contributed by atoms with Crippen molar-refractivity contribution in [2.75, 3.05) is 32.8 Å². The minimum absolute atomic E-state index is 0.0947. The van der Waals surface area contributed by atoms with Gasteiger partial charge >= 0.3 is 0 Å². The van der Waals surface area contributed by atoms with Gasteiger partial charge in [-0.25, -0.2) is 4.39 Å². The van der Waals surface area contributed by atoms with E-state index in [1.165, 1.54) is 39.8 Å². The van der Waals surface area contributed by atoms with Crippen LogP contribution < -0.4 is 21.5 Å². The lowest BCUT2D eigenvalue weighted by Crippen LogP contribution is -2.44. The van der Waals surface area contributed by atoms with Gasteiger partial charge in [0.25, 0.3) is 5.91 Å². The number of ether oxygens (including phenoxy) is 1. The van der Waals surface area contributed by atoms with Crippen molar-refractivity contribution in [1.82, 2.24) is 10.2 Å². The predicted octanol–water partition coefficient (Wildman–Crippen LogP) is 2.92. The summed E-state index contributed by atoms with van der Waals surface area (Å²) < 4.78 is 19.4. The third-order valence-electron chi connectivity index (χ3n) is 6.11. The van der Waals surface area contributed by atoms with Crippen molar-refractivity contribution in [2.24, 2.45) is 22.4 Å². The van der Waals surface area contributed by atoms with Crippen LogP contribution in [0, 0.1) is 12.8 Å². The number of carbonyl (C=O) groups is 2. The van der Waals surface area contributed by atoms with Crippen LogP contribution in [0.1, 0.15) is 68.3 Å². The topological polar surface area (TPSA) is 123 Å². The first-order valence-electron chi connectivity index (χ1n) is 12.1. The molecule has 2 saturated heterocycles.